The zero-order chi connectivity index (χ0) is 40.6. The summed E-state index contributed by atoms with van der Waals surface area (Å²) in [6.45, 7) is 19.6. The second-order valence-electron chi connectivity index (χ2n) is 21.5. The van der Waals surface area contributed by atoms with Crippen LogP contribution in [0.25, 0.3) is 0 Å². The van der Waals surface area contributed by atoms with Crippen LogP contribution in [0.5, 0.6) is 0 Å². The fraction of sp³-hybridized carbons (Fsp3) is 1.00. The van der Waals surface area contributed by atoms with Crippen LogP contribution in [0, 0.1) is 55.7 Å². The summed E-state index contributed by atoms with van der Waals surface area (Å²) in [6.07, 6.45) is -9.18. The van der Waals surface area contributed by atoms with Gasteiger partial charge < -0.3 is 64.9 Å². The molecule has 2 heterocycles. The molecule has 9 N–H and O–H groups in total. The molecule has 0 amide bonds. The van der Waals surface area contributed by atoms with Gasteiger partial charge in [0.15, 0.2) is 12.6 Å². The molecule has 318 valence electrons. The lowest BCUT2D eigenvalue weighted by Crippen LogP contribution is -2.74. The van der Waals surface area contributed by atoms with Gasteiger partial charge >= 0.3 is 0 Å². The zero-order valence-electron chi connectivity index (χ0n) is 34.5. The maximum Gasteiger partial charge on any atom is 0.187 e. The summed E-state index contributed by atoms with van der Waals surface area (Å²) in [7, 11) is 0. The van der Waals surface area contributed by atoms with Gasteiger partial charge in [0.1, 0.15) is 42.7 Å². The van der Waals surface area contributed by atoms with Gasteiger partial charge in [-0.25, -0.2) is 0 Å². The van der Waals surface area contributed by atoms with Crippen LogP contribution >= 0.6 is 0 Å². The molecule has 13 heteroatoms. The highest BCUT2D eigenvalue weighted by Crippen LogP contribution is 2.80. The first-order chi connectivity index (χ1) is 25.4. The van der Waals surface area contributed by atoms with Crippen LogP contribution in [-0.4, -0.2) is 139 Å². The molecule has 7 aliphatic rings. The molecule has 0 bridgehead atoms. The molecule has 0 aromatic carbocycles. The Morgan fingerprint density at radius 3 is 1.87 bits per heavy atom. The largest absolute Gasteiger partial charge is 0.394 e. The Hall–Kier alpha value is -0.520. The lowest BCUT2D eigenvalue weighted by molar-refractivity contribution is -0.362. The molecule has 0 aromatic heterocycles. The van der Waals surface area contributed by atoms with E-state index in [4.69, 9.17) is 18.9 Å². The normalized spacial score (nSPS) is 58.8. The van der Waals surface area contributed by atoms with Crippen LogP contribution in [-0.2, 0) is 18.9 Å². The van der Waals surface area contributed by atoms with Crippen LogP contribution in [0.2, 0.25) is 0 Å². The third-order valence-corrected chi connectivity index (χ3v) is 18.9. The molecule has 0 aromatic rings. The van der Waals surface area contributed by atoms with Crippen molar-refractivity contribution < 1.29 is 64.9 Å². The molecule has 7 rings (SSSR count). The first-order valence-electron chi connectivity index (χ1n) is 21.0. The Morgan fingerprint density at radius 1 is 0.600 bits per heavy atom. The fourth-order valence-electron chi connectivity index (χ4n) is 15.2. The van der Waals surface area contributed by atoms with Crippen molar-refractivity contribution in [3.05, 3.63) is 0 Å². The van der Waals surface area contributed by atoms with Crippen LogP contribution in [0.15, 0.2) is 0 Å². The predicted molar refractivity (Wildman–Crippen MR) is 199 cm³/mol. The number of aliphatic hydroxyl groups is 9. The fourth-order valence-corrected chi connectivity index (χ4v) is 15.2. The number of fused-ring (bicyclic) bond motifs is 7. The molecule has 21 atom stereocenters. The maximum atomic E-state index is 12.3. The van der Waals surface area contributed by atoms with Crippen molar-refractivity contribution >= 4 is 0 Å². The van der Waals surface area contributed by atoms with E-state index in [9.17, 15) is 46.0 Å². The monoisotopic (exact) mass is 784 g/mol. The molecule has 7 fully saturated rings. The van der Waals surface area contributed by atoms with Crippen molar-refractivity contribution in [3.63, 3.8) is 0 Å². The number of aliphatic hydroxyl groups excluding tert-OH is 9. The Balaban J connectivity index is 1.30. The minimum atomic E-state index is -1.63. The van der Waals surface area contributed by atoms with Crippen LogP contribution in [0.4, 0.5) is 0 Å². The second kappa shape index (κ2) is 13.8. The van der Waals surface area contributed by atoms with E-state index in [1.807, 2.05) is 13.8 Å². The van der Waals surface area contributed by atoms with E-state index in [-0.39, 0.29) is 51.6 Å². The average molecular weight is 785 g/mol. The van der Waals surface area contributed by atoms with Crippen molar-refractivity contribution in [2.45, 2.75) is 193 Å². The van der Waals surface area contributed by atoms with E-state index in [0.717, 1.165) is 38.5 Å². The van der Waals surface area contributed by atoms with Gasteiger partial charge in [0, 0.05) is 0 Å². The van der Waals surface area contributed by atoms with Crippen molar-refractivity contribution in [2.24, 2.45) is 55.7 Å². The van der Waals surface area contributed by atoms with Crippen LogP contribution in [0.3, 0.4) is 0 Å². The number of hydrogen-bond donors (Lipinski definition) is 9. The van der Waals surface area contributed by atoms with E-state index in [0.29, 0.717) is 18.8 Å². The first kappa shape index (κ1) is 42.6. The van der Waals surface area contributed by atoms with Crippen LogP contribution in [0.1, 0.15) is 114 Å². The first-order valence-corrected chi connectivity index (χ1v) is 21.0. The highest BCUT2D eigenvalue weighted by Gasteiger charge is 2.76. The van der Waals surface area contributed by atoms with Gasteiger partial charge in [0.25, 0.3) is 0 Å². The average Bonchev–Trinajstić information content (AvgIpc) is 3.11. The molecular weight excluding hydrogens is 712 g/mol. The minimum absolute atomic E-state index is 0.0511. The molecule has 0 unspecified atom stereocenters. The second-order valence-corrected chi connectivity index (χ2v) is 21.5. The molecule has 5 aliphatic carbocycles. The van der Waals surface area contributed by atoms with Gasteiger partial charge in [0.05, 0.1) is 37.6 Å². The summed E-state index contributed by atoms with van der Waals surface area (Å²) in [5.74, 6) is 0.166. The Bertz CT molecular complexity index is 1430. The smallest absolute Gasteiger partial charge is 0.187 e. The molecule has 0 radical (unpaired) electrons. The van der Waals surface area contributed by atoms with Crippen molar-refractivity contribution in [2.75, 3.05) is 13.2 Å². The quantitative estimate of drug-likeness (QED) is 0.182. The van der Waals surface area contributed by atoms with Gasteiger partial charge in [-0.1, -0.05) is 62.3 Å². The predicted octanol–water partition coefficient (Wildman–Crippen LogP) is 1.84. The van der Waals surface area contributed by atoms with Crippen LogP contribution < -0.4 is 0 Å². The molecular formula is C42H72O13. The lowest BCUT2D eigenvalue weighted by atomic mass is 9.27. The molecule has 2 saturated heterocycles. The summed E-state index contributed by atoms with van der Waals surface area (Å²) >= 11 is 0. The van der Waals surface area contributed by atoms with Gasteiger partial charge in [-0.15, -0.1) is 0 Å². The number of rotatable bonds is 5. The van der Waals surface area contributed by atoms with E-state index >= 15 is 0 Å². The Morgan fingerprint density at radius 2 is 1.22 bits per heavy atom. The highest BCUT2D eigenvalue weighted by molar-refractivity contribution is 5.24. The minimum Gasteiger partial charge on any atom is -0.394 e. The summed E-state index contributed by atoms with van der Waals surface area (Å²) < 4.78 is 25.1. The van der Waals surface area contributed by atoms with Gasteiger partial charge in [0.2, 0.25) is 0 Å². The molecule has 55 heavy (non-hydrogen) atoms. The van der Waals surface area contributed by atoms with Crippen molar-refractivity contribution in [1.82, 2.24) is 0 Å². The van der Waals surface area contributed by atoms with E-state index in [1.165, 1.54) is 0 Å². The number of hydrogen-bond acceptors (Lipinski definition) is 13. The van der Waals surface area contributed by atoms with Gasteiger partial charge in [-0.05, 0) is 107 Å². The third-order valence-electron chi connectivity index (χ3n) is 18.9. The Labute approximate surface area is 326 Å². The summed E-state index contributed by atoms with van der Waals surface area (Å²) in [5, 5.41) is 97.8. The topological polar surface area (TPSA) is 219 Å². The maximum absolute atomic E-state index is 12.3. The summed E-state index contributed by atoms with van der Waals surface area (Å²) in [4.78, 5) is 0. The van der Waals surface area contributed by atoms with E-state index in [1.54, 1.807) is 0 Å². The summed E-state index contributed by atoms with van der Waals surface area (Å²) in [5.41, 5.74) is -2.37. The van der Waals surface area contributed by atoms with Gasteiger partial charge in [-0.3, -0.25) is 0 Å². The summed E-state index contributed by atoms with van der Waals surface area (Å²) in [6, 6.07) is 0. The standard InChI is InChI=1S/C42H72O13/c1-36(2)32-21(53-34-30(49)27(46)20(44)19-52-34)17-41(8)24(10-11-25-39(41,6)14-15-42(9)37(3,4)26(45)12-13-40(25,42)7)38(32,5)16-22(33(36)51)54-35-31(50)29(48)28(47)23(18-43)55-35/h20-35,43-51H,10-19H2,1-9H3/t20-,21+,22+,23+,24+,25-,26-,27-,28+,29-,30+,31+,32-,33-,34-,35+,38+,39+,40+,41+,42-/m0/s1. The highest BCUT2D eigenvalue weighted by atomic mass is 16.7. The SMILES string of the molecule is CC1(C)[C@@H](O)[C@H](O[C@@H]2O[C@H](CO)[C@@H](O)[C@H](O)[C@H]2O)C[C@]2(C)[C@H]3CC[C@@H]4[C@@]5(C)CC[C@H](O)C(C)(C)[C@]5(C)CC[C@@]4(C)[C@]3(C)C[C@@H](O[C@@H]3OC[C@H](O)[C@H](O)[C@H]3O)[C@@H]12. The molecule has 2 aliphatic heterocycles. The van der Waals surface area contributed by atoms with Gasteiger partial charge in [-0.2, -0.15) is 0 Å². The zero-order valence-corrected chi connectivity index (χ0v) is 34.5. The molecule has 5 saturated carbocycles. The number of ether oxygens (including phenoxy) is 4. The van der Waals surface area contributed by atoms with Crippen molar-refractivity contribution in [1.29, 1.82) is 0 Å². The lowest BCUT2D eigenvalue weighted by Gasteiger charge is -2.78. The third kappa shape index (κ3) is 5.72. The molecule has 0 spiro atoms. The van der Waals surface area contributed by atoms with Crippen molar-refractivity contribution in [3.8, 4) is 0 Å². The van der Waals surface area contributed by atoms with E-state index < -0.39 is 91.1 Å². The van der Waals surface area contributed by atoms with E-state index in [2.05, 4.69) is 48.5 Å². The Kier molecular flexibility index (Phi) is 10.7. The molecule has 13 nitrogen and oxygen atoms in total.